The van der Waals surface area contributed by atoms with Gasteiger partial charge < -0.3 is 10.4 Å². The topological polar surface area (TPSA) is 86.7 Å². The molecule has 1 aliphatic rings. The first-order valence-corrected chi connectivity index (χ1v) is 9.96. The molecule has 126 valence electrons. The summed E-state index contributed by atoms with van der Waals surface area (Å²) in [6.07, 6.45) is 0.563. The summed E-state index contributed by atoms with van der Waals surface area (Å²) in [5.74, 6) is -0.377. The third-order valence-electron chi connectivity index (χ3n) is 3.70. The van der Waals surface area contributed by atoms with Gasteiger partial charge in [-0.05, 0) is 65.4 Å². The van der Waals surface area contributed by atoms with Gasteiger partial charge in [-0.3, -0.25) is 9.10 Å². The van der Waals surface area contributed by atoms with Crippen molar-refractivity contribution >= 4 is 49.9 Å². The van der Waals surface area contributed by atoms with Crippen LogP contribution in [0.4, 0.5) is 11.4 Å². The number of sulfonamides is 1. The zero-order chi connectivity index (χ0) is 17.3. The van der Waals surface area contributed by atoms with Gasteiger partial charge in [0.1, 0.15) is 5.75 Å². The van der Waals surface area contributed by atoms with Gasteiger partial charge in [-0.1, -0.05) is 6.07 Å². The highest BCUT2D eigenvalue weighted by molar-refractivity contribution is 14.1. The summed E-state index contributed by atoms with van der Waals surface area (Å²) in [5.41, 5.74) is 1.07. The maximum atomic E-state index is 12.3. The number of aromatic hydroxyl groups is 1. The minimum absolute atomic E-state index is 0.109. The number of hydrogen-bond donors (Lipinski definition) is 2. The second kappa shape index (κ2) is 6.60. The Morgan fingerprint density at radius 3 is 2.67 bits per heavy atom. The summed E-state index contributed by atoms with van der Waals surface area (Å²) in [4.78, 5) is 12.3. The number of anilines is 2. The molecule has 0 bridgehead atoms. The molecular weight excluding hydrogens is 443 g/mol. The number of nitrogens with one attached hydrogen (secondary N) is 1. The third-order valence-corrected chi connectivity index (χ3v) is 6.24. The quantitative estimate of drug-likeness (QED) is 0.547. The molecule has 0 atom stereocenters. The minimum Gasteiger partial charge on any atom is -0.506 e. The molecule has 1 heterocycles. The average molecular weight is 458 g/mol. The van der Waals surface area contributed by atoms with Gasteiger partial charge in [0.2, 0.25) is 10.0 Å². The first kappa shape index (κ1) is 17.0. The number of carbonyl (C=O) groups is 1. The Morgan fingerprint density at radius 2 is 2.00 bits per heavy atom. The molecule has 0 aromatic heterocycles. The van der Waals surface area contributed by atoms with E-state index in [4.69, 9.17) is 0 Å². The van der Waals surface area contributed by atoms with Crippen LogP contribution >= 0.6 is 22.6 Å². The van der Waals surface area contributed by atoms with E-state index in [2.05, 4.69) is 27.9 Å². The number of amides is 1. The van der Waals surface area contributed by atoms with Gasteiger partial charge in [-0.25, -0.2) is 8.42 Å². The molecule has 1 amide bonds. The molecule has 3 rings (SSSR count). The molecule has 8 heteroatoms. The number of hydrogen-bond acceptors (Lipinski definition) is 4. The molecule has 1 fully saturated rings. The Morgan fingerprint density at radius 1 is 1.21 bits per heavy atom. The highest BCUT2D eigenvalue weighted by Crippen LogP contribution is 2.32. The lowest BCUT2D eigenvalue weighted by Gasteiger charge is -2.18. The van der Waals surface area contributed by atoms with Crippen LogP contribution in [0.5, 0.6) is 5.75 Å². The van der Waals surface area contributed by atoms with Crippen LogP contribution < -0.4 is 9.62 Å². The molecule has 2 aromatic rings. The summed E-state index contributed by atoms with van der Waals surface area (Å²) >= 11 is 2.11. The van der Waals surface area contributed by atoms with Crippen molar-refractivity contribution in [2.45, 2.75) is 6.42 Å². The van der Waals surface area contributed by atoms with Gasteiger partial charge in [0, 0.05) is 15.7 Å². The standard InChI is InChI=1S/C16H15IN2O4S/c17-12-4-1-3-11(9-12)16(21)18-14-10-13(5-6-15(14)20)19-7-2-8-24(19,22)23/h1,3-6,9-10,20H,2,7-8H2,(H,18,21). The van der Waals surface area contributed by atoms with Gasteiger partial charge in [-0.15, -0.1) is 0 Å². The van der Waals surface area contributed by atoms with E-state index in [1.165, 1.54) is 22.5 Å². The molecule has 0 aliphatic carbocycles. The van der Waals surface area contributed by atoms with Crippen molar-refractivity contribution in [2.75, 3.05) is 21.9 Å². The SMILES string of the molecule is O=C(Nc1cc(N2CCCS2(=O)=O)ccc1O)c1cccc(I)c1. The highest BCUT2D eigenvalue weighted by Gasteiger charge is 2.28. The van der Waals surface area contributed by atoms with E-state index < -0.39 is 10.0 Å². The molecule has 0 saturated carbocycles. The smallest absolute Gasteiger partial charge is 0.255 e. The minimum atomic E-state index is -3.32. The lowest BCUT2D eigenvalue weighted by atomic mass is 10.2. The highest BCUT2D eigenvalue weighted by atomic mass is 127. The van der Waals surface area contributed by atoms with Crippen LogP contribution in [0, 0.1) is 3.57 Å². The summed E-state index contributed by atoms with van der Waals surface area (Å²) in [5, 5.41) is 12.6. The zero-order valence-corrected chi connectivity index (χ0v) is 15.5. The van der Waals surface area contributed by atoms with E-state index in [0.29, 0.717) is 24.2 Å². The monoisotopic (exact) mass is 458 g/mol. The van der Waals surface area contributed by atoms with Crippen LogP contribution in [0.2, 0.25) is 0 Å². The largest absolute Gasteiger partial charge is 0.506 e. The Kier molecular flexibility index (Phi) is 4.68. The van der Waals surface area contributed by atoms with E-state index in [1.807, 2.05) is 6.07 Å². The third kappa shape index (κ3) is 3.48. The van der Waals surface area contributed by atoms with Gasteiger partial charge >= 0.3 is 0 Å². The number of benzene rings is 2. The molecule has 0 unspecified atom stereocenters. The predicted molar refractivity (Wildman–Crippen MR) is 101 cm³/mol. The fourth-order valence-electron chi connectivity index (χ4n) is 2.53. The summed E-state index contributed by atoms with van der Waals surface area (Å²) in [6.45, 7) is 0.400. The van der Waals surface area contributed by atoms with E-state index >= 15 is 0 Å². The second-order valence-electron chi connectivity index (χ2n) is 5.41. The molecule has 0 radical (unpaired) electrons. The van der Waals surface area contributed by atoms with Crippen LogP contribution in [-0.2, 0) is 10.0 Å². The molecule has 24 heavy (non-hydrogen) atoms. The Balaban J connectivity index is 1.88. The maximum absolute atomic E-state index is 12.3. The molecule has 2 aromatic carbocycles. The molecule has 2 N–H and O–H groups in total. The normalized spacial score (nSPS) is 16.1. The zero-order valence-electron chi connectivity index (χ0n) is 12.6. The van der Waals surface area contributed by atoms with Crippen molar-refractivity contribution in [2.24, 2.45) is 0 Å². The lowest BCUT2D eigenvalue weighted by molar-refractivity contribution is 0.102. The summed E-state index contributed by atoms with van der Waals surface area (Å²) in [7, 11) is -3.32. The van der Waals surface area contributed by atoms with Gasteiger partial charge in [-0.2, -0.15) is 0 Å². The second-order valence-corrected chi connectivity index (χ2v) is 8.67. The molecule has 1 saturated heterocycles. The number of phenolic OH excluding ortho intramolecular Hbond substituents is 1. The maximum Gasteiger partial charge on any atom is 0.255 e. The number of carbonyl (C=O) groups excluding carboxylic acids is 1. The predicted octanol–water partition coefficient (Wildman–Crippen LogP) is 2.79. The van der Waals surface area contributed by atoms with E-state index in [-0.39, 0.29) is 23.1 Å². The van der Waals surface area contributed by atoms with E-state index in [1.54, 1.807) is 18.2 Å². The van der Waals surface area contributed by atoms with Crippen LogP contribution in [0.1, 0.15) is 16.8 Å². The number of halogens is 1. The molecule has 1 aliphatic heterocycles. The first-order chi connectivity index (χ1) is 11.4. The number of nitrogens with zero attached hydrogens (tertiary/aromatic N) is 1. The first-order valence-electron chi connectivity index (χ1n) is 7.27. The Bertz CT molecular complexity index is 899. The van der Waals surface area contributed by atoms with Crippen LogP contribution in [0.25, 0.3) is 0 Å². The van der Waals surface area contributed by atoms with Gasteiger partial charge in [0.05, 0.1) is 17.1 Å². The van der Waals surface area contributed by atoms with Gasteiger partial charge in [0.25, 0.3) is 5.91 Å². The fourth-order valence-corrected chi connectivity index (χ4v) is 4.63. The van der Waals surface area contributed by atoms with Crippen molar-refractivity contribution < 1.29 is 18.3 Å². The van der Waals surface area contributed by atoms with Crippen molar-refractivity contribution in [3.63, 3.8) is 0 Å². The summed E-state index contributed by atoms with van der Waals surface area (Å²) in [6, 6.07) is 11.4. The van der Waals surface area contributed by atoms with Crippen LogP contribution in [0.3, 0.4) is 0 Å². The van der Waals surface area contributed by atoms with Crippen LogP contribution in [-0.4, -0.2) is 31.7 Å². The average Bonchev–Trinajstić information content (AvgIpc) is 2.89. The molecule has 0 spiro atoms. The molecular formula is C16H15IN2O4S. The van der Waals surface area contributed by atoms with Crippen molar-refractivity contribution in [1.82, 2.24) is 0 Å². The van der Waals surface area contributed by atoms with Crippen LogP contribution in [0.15, 0.2) is 42.5 Å². The number of rotatable bonds is 3. The Labute approximate surface area is 153 Å². The van der Waals surface area contributed by atoms with Crippen molar-refractivity contribution in [3.05, 3.63) is 51.6 Å². The van der Waals surface area contributed by atoms with E-state index in [9.17, 15) is 18.3 Å². The molecule has 6 nitrogen and oxygen atoms in total. The van der Waals surface area contributed by atoms with Crippen molar-refractivity contribution in [1.29, 1.82) is 0 Å². The Hall–Kier alpha value is -1.81. The van der Waals surface area contributed by atoms with Crippen molar-refractivity contribution in [3.8, 4) is 5.75 Å². The van der Waals surface area contributed by atoms with E-state index in [0.717, 1.165) is 3.57 Å². The lowest BCUT2D eigenvalue weighted by Crippen LogP contribution is -2.25. The fraction of sp³-hybridized carbons (Fsp3) is 0.188. The van der Waals surface area contributed by atoms with Gasteiger partial charge in [0.15, 0.2) is 0 Å². The number of phenols is 1. The summed E-state index contributed by atoms with van der Waals surface area (Å²) < 4.78 is 26.2.